The molecule has 0 bridgehead atoms. The number of anilines is 1. The van der Waals surface area contributed by atoms with Gasteiger partial charge < -0.3 is 10.6 Å². The van der Waals surface area contributed by atoms with Crippen LogP contribution < -0.4 is 10.6 Å². The summed E-state index contributed by atoms with van der Waals surface area (Å²) in [6, 6.07) is 7.15. The smallest absolute Gasteiger partial charge is 0.106 e. The van der Waals surface area contributed by atoms with E-state index in [2.05, 4.69) is 34.9 Å². The van der Waals surface area contributed by atoms with Crippen LogP contribution in [0.4, 0.5) is 5.69 Å². The number of nitrogens with zero attached hydrogens (tertiary/aromatic N) is 2. The van der Waals surface area contributed by atoms with Gasteiger partial charge >= 0.3 is 0 Å². The van der Waals surface area contributed by atoms with Crippen LogP contribution in [0, 0.1) is 6.92 Å². The van der Waals surface area contributed by atoms with Crippen molar-refractivity contribution in [2.24, 2.45) is 5.73 Å². The average molecular weight is 289 g/mol. The summed E-state index contributed by atoms with van der Waals surface area (Å²) >= 11 is 5.22. The van der Waals surface area contributed by atoms with Crippen LogP contribution in [0.15, 0.2) is 18.2 Å². The van der Waals surface area contributed by atoms with E-state index in [4.69, 9.17) is 18.0 Å². The van der Waals surface area contributed by atoms with E-state index in [1.54, 1.807) is 0 Å². The quantitative estimate of drug-likeness (QED) is 0.866. The van der Waals surface area contributed by atoms with E-state index >= 15 is 0 Å². The first-order valence-electron chi connectivity index (χ1n) is 7.54. The molecule has 1 aromatic rings. The molecule has 2 N–H and O–H groups in total. The summed E-state index contributed by atoms with van der Waals surface area (Å²) in [6.07, 6.45) is 3.98. The number of likely N-dealkylation sites (tertiary alicyclic amines) is 1. The Labute approximate surface area is 126 Å². The van der Waals surface area contributed by atoms with Crippen molar-refractivity contribution in [1.29, 1.82) is 0 Å². The van der Waals surface area contributed by atoms with Crippen LogP contribution in [0.3, 0.4) is 0 Å². The van der Waals surface area contributed by atoms with Crippen LogP contribution in [-0.2, 0) is 0 Å². The van der Waals surface area contributed by atoms with Crippen molar-refractivity contribution in [3.63, 3.8) is 0 Å². The second kappa shape index (κ2) is 5.70. The van der Waals surface area contributed by atoms with Gasteiger partial charge in [0.1, 0.15) is 4.99 Å². The van der Waals surface area contributed by atoms with Crippen molar-refractivity contribution in [3.05, 3.63) is 29.3 Å². The van der Waals surface area contributed by atoms with E-state index in [0.29, 0.717) is 11.0 Å². The van der Waals surface area contributed by atoms with Crippen molar-refractivity contribution in [2.75, 3.05) is 31.1 Å². The molecular weight excluding hydrogens is 266 g/mol. The van der Waals surface area contributed by atoms with E-state index in [1.807, 2.05) is 0 Å². The van der Waals surface area contributed by atoms with E-state index in [9.17, 15) is 0 Å². The Morgan fingerprint density at radius 2 is 2.00 bits per heavy atom. The van der Waals surface area contributed by atoms with E-state index < -0.39 is 0 Å². The van der Waals surface area contributed by atoms with Crippen LogP contribution in [-0.4, -0.2) is 42.1 Å². The molecule has 0 amide bonds. The first kappa shape index (κ1) is 13.8. The van der Waals surface area contributed by atoms with Crippen LogP contribution in [0.1, 0.15) is 30.4 Å². The predicted octanol–water partition coefficient (Wildman–Crippen LogP) is 2.30. The molecular formula is C16H23N3S. The van der Waals surface area contributed by atoms with Crippen molar-refractivity contribution < 1.29 is 0 Å². The van der Waals surface area contributed by atoms with Gasteiger partial charge in [0.05, 0.1) is 0 Å². The van der Waals surface area contributed by atoms with Crippen molar-refractivity contribution in [3.8, 4) is 0 Å². The highest BCUT2D eigenvalue weighted by Crippen LogP contribution is 2.28. The molecule has 20 heavy (non-hydrogen) atoms. The Hall–Kier alpha value is -1.13. The van der Waals surface area contributed by atoms with Crippen molar-refractivity contribution in [1.82, 2.24) is 4.90 Å². The summed E-state index contributed by atoms with van der Waals surface area (Å²) in [6.45, 7) is 6.85. The fourth-order valence-corrected chi connectivity index (χ4v) is 3.65. The highest BCUT2D eigenvalue weighted by molar-refractivity contribution is 7.80. The number of aryl methyl sites for hydroxylation is 1. The fraction of sp³-hybridized carbons (Fsp3) is 0.562. The van der Waals surface area contributed by atoms with E-state index in [0.717, 1.165) is 18.7 Å². The Balaban J connectivity index is 1.78. The van der Waals surface area contributed by atoms with Gasteiger partial charge in [0.15, 0.2) is 0 Å². The highest BCUT2D eigenvalue weighted by Gasteiger charge is 2.30. The summed E-state index contributed by atoms with van der Waals surface area (Å²) in [5, 5.41) is 0. The monoisotopic (exact) mass is 289 g/mol. The molecule has 3 nitrogen and oxygen atoms in total. The molecule has 2 aliphatic heterocycles. The molecule has 0 spiro atoms. The average Bonchev–Trinajstić information content (AvgIpc) is 3.09. The molecule has 4 heteroatoms. The second-order valence-corrected chi connectivity index (χ2v) is 6.46. The summed E-state index contributed by atoms with van der Waals surface area (Å²) in [5.41, 5.74) is 9.36. The summed E-state index contributed by atoms with van der Waals surface area (Å²) in [4.78, 5) is 5.61. The lowest BCUT2D eigenvalue weighted by molar-refractivity contribution is 0.260. The second-order valence-electron chi connectivity index (χ2n) is 6.02. The van der Waals surface area contributed by atoms with E-state index in [1.165, 1.54) is 43.6 Å². The number of hydrogen-bond donors (Lipinski definition) is 1. The summed E-state index contributed by atoms with van der Waals surface area (Å²) < 4.78 is 0. The molecule has 2 heterocycles. The maximum atomic E-state index is 5.90. The standard InChI is InChI=1S/C16H23N3S/c1-12-4-5-15(14(10-12)16(17)20)19-9-6-13(11-19)18-7-2-3-8-18/h4-5,10,13H,2-3,6-9,11H2,1H3,(H2,17,20). The van der Waals surface area contributed by atoms with E-state index in [-0.39, 0.29) is 0 Å². The van der Waals surface area contributed by atoms with Gasteiger partial charge in [-0.2, -0.15) is 0 Å². The van der Waals surface area contributed by atoms with Gasteiger partial charge in [0.2, 0.25) is 0 Å². The SMILES string of the molecule is Cc1ccc(N2CCC(N3CCCC3)C2)c(C(N)=S)c1. The number of nitrogens with two attached hydrogens (primary N) is 1. The maximum absolute atomic E-state index is 5.90. The molecule has 1 unspecified atom stereocenters. The third kappa shape index (κ3) is 2.67. The number of benzene rings is 1. The lowest BCUT2D eigenvalue weighted by Crippen LogP contribution is -2.35. The first-order valence-corrected chi connectivity index (χ1v) is 7.95. The number of hydrogen-bond acceptors (Lipinski definition) is 3. The Bertz CT molecular complexity index is 508. The van der Waals surface area contributed by atoms with Gasteiger partial charge in [-0.25, -0.2) is 0 Å². The summed E-state index contributed by atoms with van der Waals surface area (Å²) in [5.74, 6) is 0. The van der Waals surface area contributed by atoms with Crippen molar-refractivity contribution in [2.45, 2.75) is 32.2 Å². The first-order chi connectivity index (χ1) is 9.65. The molecule has 0 aliphatic carbocycles. The molecule has 1 aromatic carbocycles. The third-order valence-corrected chi connectivity index (χ3v) is 4.80. The molecule has 1 atom stereocenters. The zero-order valence-electron chi connectivity index (χ0n) is 12.1. The number of rotatable bonds is 3. The lowest BCUT2D eigenvalue weighted by atomic mass is 10.1. The van der Waals surface area contributed by atoms with Gasteiger partial charge in [0.25, 0.3) is 0 Å². The van der Waals surface area contributed by atoms with Crippen molar-refractivity contribution >= 4 is 22.9 Å². The largest absolute Gasteiger partial charge is 0.389 e. The molecule has 3 rings (SSSR count). The fourth-order valence-electron chi connectivity index (χ4n) is 3.49. The zero-order valence-corrected chi connectivity index (χ0v) is 13.0. The lowest BCUT2D eigenvalue weighted by Gasteiger charge is -2.25. The van der Waals surface area contributed by atoms with Crippen LogP contribution in [0.25, 0.3) is 0 Å². The summed E-state index contributed by atoms with van der Waals surface area (Å²) in [7, 11) is 0. The van der Waals surface area contributed by atoms with Gasteiger partial charge in [-0.1, -0.05) is 23.8 Å². The highest BCUT2D eigenvalue weighted by atomic mass is 32.1. The molecule has 0 saturated carbocycles. The Kier molecular flexibility index (Phi) is 3.94. The Morgan fingerprint density at radius 3 is 2.70 bits per heavy atom. The molecule has 108 valence electrons. The molecule has 2 saturated heterocycles. The minimum Gasteiger partial charge on any atom is -0.389 e. The van der Waals surface area contributed by atoms with Gasteiger partial charge in [0, 0.05) is 30.4 Å². The normalized spacial score (nSPS) is 23.4. The topological polar surface area (TPSA) is 32.5 Å². The zero-order chi connectivity index (χ0) is 14.1. The minimum absolute atomic E-state index is 0.508. The third-order valence-electron chi connectivity index (χ3n) is 4.58. The van der Waals surface area contributed by atoms with Crippen LogP contribution in [0.2, 0.25) is 0 Å². The Morgan fingerprint density at radius 1 is 1.25 bits per heavy atom. The van der Waals surface area contributed by atoms with Gasteiger partial charge in [-0.15, -0.1) is 0 Å². The maximum Gasteiger partial charge on any atom is 0.106 e. The van der Waals surface area contributed by atoms with Gasteiger partial charge in [-0.05, 0) is 51.4 Å². The molecule has 2 aliphatic rings. The predicted molar refractivity (Wildman–Crippen MR) is 88.5 cm³/mol. The minimum atomic E-state index is 0.508. The number of thiocarbonyl (C=S) groups is 1. The van der Waals surface area contributed by atoms with Gasteiger partial charge in [-0.3, -0.25) is 4.90 Å². The van der Waals surface area contributed by atoms with Crippen LogP contribution in [0.5, 0.6) is 0 Å². The molecule has 0 radical (unpaired) electrons. The molecule has 0 aromatic heterocycles. The molecule has 2 fully saturated rings. The van der Waals surface area contributed by atoms with Crippen LogP contribution >= 0.6 is 12.2 Å².